The van der Waals surface area contributed by atoms with Crippen molar-refractivity contribution < 1.29 is 4.39 Å². The monoisotopic (exact) mass is 249 g/mol. The molecule has 0 spiro atoms. The molecule has 2 N–H and O–H groups in total. The van der Waals surface area contributed by atoms with Crippen molar-refractivity contribution >= 4 is 11.3 Å². The van der Waals surface area contributed by atoms with Crippen LogP contribution in [0.4, 0.5) is 4.39 Å². The third-order valence-electron chi connectivity index (χ3n) is 2.95. The zero-order valence-corrected chi connectivity index (χ0v) is 10.6. The van der Waals surface area contributed by atoms with Crippen LogP contribution in [0.5, 0.6) is 0 Å². The molecule has 1 aromatic carbocycles. The van der Waals surface area contributed by atoms with Gasteiger partial charge < -0.3 is 5.73 Å². The lowest BCUT2D eigenvalue weighted by Crippen LogP contribution is -2.33. The molecule has 3 heteroatoms. The highest BCUT2D eigenvalue weighted by Crippen LogP contribution is 2.25. The van der Waals surface area contributed by atoms with Crippen molar-refractivity contribution in [3.8, 4) is 0 Å². The van der Waals surface area contributed by atoms with Crippen LogP contribution in [0.1, 0.15) is 23.8 Å². The summed E-state index contributed by atoms with van der Waals surface area (Å²) in [7, 11) is 0. The average molecular weight is 249 g/mol. The van der Waals surface area contributed by atoms with Crippen LogP contribution < -0.4 is 5.73 Å². The quantitative estimate of drug-likeness (QED) is 0.878. The Kier molecular flexibility index (Phi) is 3.60. The highest BCUT2D eigenvalue weighted by atomic mass is 32.1. The van der Waals surface area contributed by atoms with E-state index in [1.165, 1.54) is 17.0 Å². The van der Waals surface area contributed by atoms with Crippen LogP contribution in [0.25, 0.3) is 0 Å². The number of hydrogen-bond acceptors (Lipinski definition) is 2. The predicted octanol–water partition coefficient (Wildman–Crippen LogP) is 3.69. The van der Waals surface area contributed by atoms with Crippen LogP contribution in [-0.4, -0.2) is 0 Å². The molecule has 1 atom stereocenters. The molecule has 0 saturated carbocycles. The van der Waals surface area contributed by atoms with E-state index in [4.69, 9.17) is 5.73 Å². The van der Waals surface area contributed by atoms with Gasteiger partial charge in [-0.1, -0.05) is 18.2 Å². The van der Waals surface area contributed by atoms with Crippen LogP contribution in [0.3, 0.4) is 0 Å². The molecule has 0 aliphatic carbocycles. The molecular weight excluding hydrogens is 233 g/mol. The molecule has 1 aromatic heterocycles. The number of halogens is 1. The van der Waals surface area contributed by atoms with Gasteiger partial charge in [-0.05, 0) is 48.9 Å². The summed E-state index contributed by atoms with van der Waals surface area (Å²) < 4.78 is 13.2. The number of aryl methyl sites for hydroxylation is 1. The summed E-state index contributed by atoms with van der Waals surface area (Å²) in [5, 5.41) is 2.06. The zero-order valence-electron chi connectivity index (χ0n) is 9.82. The molecule has 90 valence electrons. The van der Waals surface area contributed by atoms with E-state index in [1.54, 1.807) is 17.4 Å². The molecule has 2 aromatic rings. The van der Waals surface area contributed by atoms with E-state index in [0.717, 1.165) is 18.4 Å². The van der Waals surface area contributed by atoms with E-state index >= 15 is 0 Å². The van der Waals surface area contributed by atoms with Gasteiger partial charge in [0, 0.05) is 10.4 Å². The van der Waals surface area contributed by atoms with Crippen LogP contribution in [0.15, 0.2) is 41.8 Å². The lowest BCUT2D eigenvalue weighted by atomic mass is 9.88. The van der Waals surface area contributed by atoms with Gasteiger partial charge in [0.25, 0.3) is 0 Å². The predicted molar refractivity (Wildman–Crippen MR) is 70.6 cm³/mol. The van der Waals surface area contributed by atoms with E-state index in [2.05, 4.69) is 11.4 Å². The smallest absolute Gasteiger partial charge is 0.123 e. The molecule has 1 unspecified atom stereocenters. The summed E-state index contributed by atoms with van der Waals surface area (Å²) >= 11 is 1.73. The number of nitrogens with two attached hydrogens (primary N) is 1. The zero-order chi connectivity index (χ0) is 12.3. The second-order valence-corrected chi connectivity index (χ2v) is 5.54. The Labute approximate surface area is 105 Å². The molecule has 1 nitrogen and oxygen atoms in total. The number of rotatable bonds is 4. The van der Waals surface area contributed by atoms with Gasteiger partial charge in [0.15, 0.2) is 0 Å². The highest BCUT2D eigenvalue weighted by Gasteiger charge is 2.21. The van der Waals surface area contributed by atoms with Crippen molar-refractivity contribution in [1.29, 1.82) is 0 Å². The molecule has 17 heavy (non-hydrogen) atoms. The van der Waals surface area contributed by atoms with E-state index in [0.29, 0.717) is 0 Å². The summed E-state index contributed by atoms with van der Waals surface area (Å²) in [5.74, 6) is -0.227. The fraction of sp³-hybridized carbons (Fsp3) is 0.286. The summed E-state index contributed by atoms with van der Waals surface area (Å²) in [4.78, 5) is 1.32. The maximum absolute atomic E-state index is 13.2. The van der Waals surface area contributed by atoms with Crippen molar-refractivity contribution in [2.24, 2.45) is 5.73 Å². The van der Waals surface area contributed by atoms with Crippen molar-refractivity contribution in [1.82, 2.24) is 0 Å². The molecule has 0 bridgehead atoms. The minimum absolute atomic E-state index is 0.227. The number of thiophene rings is 1. The van der Waals surface area contributed by atoms with Gasteiger partial charge in [-0.3, -0.25) is 0 Å². The summed E-state index contributed by atoms with van der Waals surface area (Å²) in [5.41, 5.74) is 6.64. The molecule has 0 amide bonds. The van der Waals surface area contributed by atoms with Crippen molar-refractivity contribution in [3.63, 3.8) is 0 Å². The Hall–Kier alpha value is -1.19. The molecule has 1 heterocycles. The van der Waals surface area contributed by atoms with Crippen LogP contribution in [0.2, 0.25) is 0 Å². The standard InChI is InChI=1S/C14H16FNS/c1-14(16,8-7-13-6-3-9-17-13)11-4-2-5-12(15)10-11/h2-6,9-10H,7-8,16H2,1H3. The SMILES string of the molecule is CC(N)(CCc1cccs1)c1cccc(F)c1. The Morgan fingerprint density at radius 1 is 1.29 bits per heavy atom. The van der Waals surface area contributed by atoms with Crippen LogP contribution in [-0.2, 0) is 12.0 Å². The summed E-state index contributed by atoms with van der Waals surface area (Å²) in [6, 6.07) is 10.7. The van der Waals surface area contributed by atoms with Crippen molar-refractivity contribution in [2.75, 3.05) is 0 Å². The third kappa shape index (κ3) is 3.14. The normalized spacial score (nSPS) is 14.5. The van der Waals surface area contributed by atoms with E-state index in [9.17, 15) is 4.39 Å². The minimum Gasteiger partial charge on any atom is -0.322 e. The lowest BCUT2D eigenvalue weighted by Gasteiger charge is -2.25. The fourth-order valence-electron chi connectivity index (χ4n) is 1.83. The van der Waals surface area contributed by atoms with Gasteiger partial charge in [-0.15, -0.1) is 11.3 Å². The van der Waals surface area contributed by atoms with Gasteiger partial charge in [0.1, 0.15) is 5.82 Å². The van der Waals surface area contributed by atoms with E-state index in [-0.39, 0.29) is 5.82 Å². The summed E-state index contributed by atoms with van der Waals surface area (Å²) in [6.07, 6.45) is 1.75. The van der Waals surface area contributed by atoms with Gasteiger partial charge in [-0.2, -0.15) is 0 Å². The first-order valence-electron chi connectivity index (χ1n) is 5.65. The fourth-order valence-corrected chi connectivity index (χ4v) is 2.53. The van der Waals surface area contributed by atoms with Crippen LogP contribution in [0, 0.1) is 5.82 Å². The molecule has 2 rings (SSSR count). The van der Waals surface area contributed by atoms with Crippen LogP contribution >= 0.6 is 11.3 Å². The van der Waals surface area contributed by atoms with Gasteiger partial charge in [-0.25, -0.2) is 4.39 Å². The Morgan fingerprint density at radius 3 is 2.76 bits per heavy atom. The number of hydrogen-bond donors (Lipinski definition) is 1. The van der Waals surface area contributed by atoms with Gasteiger partial charge >= 0.3 is 0 Å². The Morgan fingerprint density at radius 2 is 2.12 bits per heavy atom. The average Bonchev–Trinajstić information content (AvgIpc) is 2.79. The molecule has 0 aliphatic rings. The second-order valence-electron chi connectivity index (χ2n) is 4.51. The Balaban J connectivity index is 2.08. The minimum atomic E-state index is -0.480. The topological polar surface area (TPSA) is 26.0 Å². The van der Waals surface area contributed by atoms with Crippen molar-refractivity contribution in [3.05, 3.63) is 58.0 Å². The molecule has 0 saturated heterocycles. The van der Waals surface area contributed by atoms with Gasteiger partial charge in [0.05, 0.1) is 0 Å². The molecule has 0 radical (unpaired) electrons. The maximum Gasteiger partial charge on any atom is 0.123 e. The van der Waals surface area contributed by atoms with E-state index < -0.39 is 5.54 Å². The highest BCUT2D eigenvalue weighted by molar-refractivity contribution is 7.09. The summed E-state index contributed by atoms with van der Waals surface area (Å²) in [6.45, 7) is 1.95. The Bertz CT molecular complexity index is 477. The van der Waals surface area contributed by atoms with E-state index in [1.807, 2.05) is 19.1 Å². The maximum atomic E-state index is 13.2. The first-order chi connectivity index (χ1) is 8.08. The molecule has 0 aliphatic heterocycles. The van der Waals surface area contributed by atoms with Crippen molar-refractivity contribution in [2.45, 2.75) is 25.3 Å². The van der Waals surface area contributed by atoms with Gasteiger partial charge in [0.2, 0.25) is 0 Å². The third-order valence-corrected chi connectivity index (χ3v) is 3.89. The molecule has 0 fully saturated rings. The lowest BCUT2D eigenvalue weighted by molar-refractivity contribution is 0.451. The second kappa shape index (κ2) is 4.98. The first kappa shape index (κ1) is 12.3. The first-order valence-corrected chi connectivity index (χ1v) is 6.53. The molecular formula is C14H16FNS. The largest absolute Gasteiger partial charge is 0.322 e. The number of benzene rings is 1.